The number of rotatable bonds is 12. The van der Waals surface area contributed by atoms with Gasteiger partial charge in [0.1, 0.15) is 55.3 Å². The molecule has 1 aliphatic rings. The van der Waals surface area contributed by atoms with Crippen LogP contribution < -0.4 is 9.47 Å². The molecule has 57 heavy (non-hydrogen) atoms. The van der Waals surface area contributed by atoms with Crippen LogP contribution in [-0.2, 0) is 34.9 Å². The second-order valence-corrected chi connectivity index (χ2v) is 12.0. The summed E-state index contributed by atoms with van der Waals surface area (Å²) < 4.78 is 105. The van der Waals surface area contributed by atoms with Crippen molar-refractivity contribution in [1.82, 2.24) is 39.5 Å². The Morgan fingerprint density at radius 2 is 1.12 bits per heavy atom. The highest BCUT2D eigenvalue weighted by Crippen LogP contribution is 2.37. The SMILES string of the molecule is O=Cc1ccc(Oc2ccc(C(O)Cn3cncn3)c(C(F)(F)F)n2)cc1.OC(Cn1cncn1)c1ccc(Oc2ccc(C3OCCO3)cc2)nc1C(F)(F)F. The molecule has 1 saturated heterocycles. The van der Waals surface area contributed by atoms with E-state index in [1.807, 2.05) is 0 Å². The minimum Gasteiger partial charge on any atom is -0.439 e. The number of aliphatic hydroxyl groups is 2. The molecular formula is C36H30F6N8O7. The van der Waals surface area contributed by atoms with Gasteiger partial charge in [-0.2, -0.15) is 36.5 Å². The van der Waals surface area contributed by atoms with E-state index in [-0.39, 0.29) is 36.2 Å². The Morgan fingerprint density at radius 1 is 0.684 bits per heavy atom. The van der Waals surface area contributed by atoms with Crippen LogP contribution in [0.15, 0.2) is 98.1 Å². The molecule has 7 rings (SSSR count). The summed E-state index contributed by atoms with van der Waals surface area (Å²) >= 11 is 0. The van der Waals surface area contributed by atoms with Crippen molar-refractivity contribution >= 4 is 6.29 Å². The molecule has 2 aromatic carbocycles. The lowest BCUT2D eigenvalue weighted by Crippen LogP contribution is -2.18. The van der Waals surface area contributed by atoms with Crippen LogP contribution in [0.1, 0.15) is 56.9 Å². The molecule has 298 valence electrons. The van der Waals surface area contributed by atoms with E-state index >= 15 is 0 Å². The highest BCUT2D eigenvalue weighted by Gasteiger charge is 2.39. The molecule has 2 N–H and O–H groups in total. The Morgan fingerprint density at radius 3 is 1.51 bits per heavy atom. The summed E-state index contributed by atoms with van der Waals surface area (Å²) in [4.78, 5) is 25.1. The van der Waals surface area contributed by atoms with Crippen LogP contribution >= 0.6 is 0 Å². The van der Waals surface area contributed by atoms with Crippen LogP contribution in [0.4, 0.5) is 26.3 Å². The fourth-order valence-electron chi connectivity index (χ4n) is 5.31. The molecule has 15 nitrogen and oxygen atoms in total. The van der Waals surface area contributed by atoms with Gasteiger partial charge in [-0.3, -0.25) is 14.2 Å². The summed E-state index contributed by atoms with van der Waals surface area (Å²) in [6, 6.07) is 17.1. The molecule has 0 saturated carbocycles. The third kappa shape index (κ3) is 10.7. The number of hydrogen-bond acceptors (Lipinski definition) is 13. The number of hydrogen-bond donors (Lipinski definition) is 2. The van der Waals surface area contributed by atoms with Crippen LogP contribution in [0.2, 0.25) is 0 Å². The Bertz CT molecular complexity index is 2200. The molecule has 5 heterocycles. The van der Waals surface area contributed by atoms with Gasteiger partial charge in [-0.25, -0.2) is 19.9 Å². The molecular weight excluding hydrogens is 770 g/mol. The van der Waals surface area contributed by atoms with Crippen LogP contribution in [0.3, 0.4) is 0 Å². The number of alkyl halides is 6. The van der Waals surface area contributed by atoms with Crippen LogP contribution in [0.5, 0.6) is 23.3 Å². The highest BCUT2D eigenvalue weighted by atomic mass is 19.4. The van der Waals surface area contributed by atoms with E-state index in [9.17, 15) is 41.4 Å². The molecule has 2 unspecified atom stereocenters. The van der Waals surface area contributed by atoms with Crippen molar-refractivity contribution in [3.63, 3.8) is 0 Å². The van der Waals surface area contributed by atoms with Gasteiger partial charge in [0, 0.05) is 34.4 Å². The quantitative estimate of drug-likeness (QED) is 0.104. The van der Waals surface area contributed by atoms with Crippen molar-refractivity contribution in [1.29, 1.82) is 0 Å². The first-order valence-electron chi connectivity index (χ1n) is 16.7. The van der Waals surface area contributed by atoms with E-state index < -0.39 is 47.8 Å². The van der Waals surface area contributed by atoms with Gasteiger partial charge >= 0.3 is 12.4 Å². The van der Waals surface area contributed by atoms with E-state index in [1.165, 1.54) is 71.1 Å². The Hall–Kier alpha value is -6.29. The van der Waals surface area contributed by atoms with Crippen LogP contribution in [-0.4, -0.2) is 69.2 Å². The van der Waals surface area contributed by atoms with E-state index in [2.05, 4.69) is 30.1 Å². The first-order valence-corrected chi connectivity index (χ1v) is 16.7. The van der Waals surface area contributed by atoms with Crippen LogP contribution in [0.25, 0.3) is 0 Å². The van der Waals surface area contributed by atoms with Gasteiger partial charge in [0.25, 0.3) is 0 Å². The smallest absolute Gasteiger partial charge is 0.433 e. The zero-order chi connectivity index (χ0) is 40.6. The van der Waals surface area contributed by atoms with Gasteiger partial charge in [0.05, 0.1) is 26.3 Å². The minimum atomic E-state index is -4.79. The fourth-order valence-corrected chi connectivity index (χ4v) is 5.31. The molecule has 4 aromatic heterocycles. The number of halogens is 6. The summed E-state index contributed by atoms with van der Waals surface area (Å²) in [6.45, 7) is 0.597. The van der Waals surface area contributed by atoms with Gasteiger partial charge in [0.2, 0.25) is 11.8 Å². The first kappa shape index (κ1) is 40.4. The lowest BCUT2D eigenvalue weighted by molar-refractivity contribution is -0.143. The summed E-state index contributed by atoms with van der Waals surface area (Å²) in [5.41, 5.74) is -2.08. The van der Waals surface area contributed by atoms with Crippen molar-refractivity contribution in [3.8, 4) is 23.3 Å². The number of aliphatic hydroxyl groups excluding tert-OH is 2. The van der Waals surface area contributed by atoms with Gasteiger partial charge < -0.3 is 29.2 Å². The predicted molar refractivity (Wildman–Crippen MR) is 182 cm³/mol. The fraction of sp³-hybridized carbons (Fsp3) is 0.250. The maximum atomic E-state index is 13.5. The molecule has 0 spiro atoms. The van der Waals surface area contributed by atoms with E-state index in [0.717, 1.165) is 17.7 Å². The second kappa shape index (κ2) is 17.7. The summed E-state index contributed by atoms with van der Waals surface area (Å²) in [7, 11) is 0. The zero-order valence-corrected chi connectivity index (χ0v) is 29.2. The number of aromatic nitrogens is 8. The average Bonchev–Trinajstić information content (AvgIpc) is 4.01. The van der Waals surface area contributed by atoms with Gasteiger partial charge in [-0.05, 0) is 48.5 Å². The molecule has 1 aliphatic heterocycles. The lowest BCUT2D eigenvalue weighted by atomic mass is 10.1. The third-order valence-electron chi connectivity index (χ3n) is 7.95. The number of aldehydes is 1. The summed E-state index contributed by atoms with van der Waals surface area (Å²) in [6.07, 6.45) is -7.34. The van der Waals surface area contributed by atoms with Gasteiger partial charge in [-0.1, -0.05) is 12.1 Å². The summed E-state index contributed by atoms with van der Waals surface area (Å²) in [5, 5.41) is 28.0. The van der Waals surface area contributed by atoms with E-state index in [1.54, 1.807) is 24.3 Å². The number of ether oxygens (including phenoxy) is 4. The number of benzene rings is 2. The normalized spacial score (nSPS) is 14.4. The lowest BCUT2D eigenvalue weighted by Gasteiger charge is -2.18. The number of carbonyl (C=O) groups excluding carboxylic acids is 1. The van der Waals surface area contributed by atoms with E-state index in [0.29, 0.717) is 30.8 Å². The Balaban J connectivity index is 0.000000194. The molecule has 0 aliphatic carbocycles. The molecule has 0 radical (unpaired) electrons. The van der Waals surface area contributed by atoms with Crippen molar-refractivity contribution in [2.24, 2.45) is 0 Å². The average molecular weight is 801 g/mol. The standard InChI is InChI=1S/C19H17F3N4O4.C17H13F3N4O3/c20-19(21,22)17-14(15(27)9-26-11-23-10-24-26)5-6-16(25-17)30-13-3-1-12(2-4-13)18-28-7-8-29-18;18-17(19,20)16-13(14(26)7-24-10-21-9-22-24)5-6-15(23-16)27-12-3-1-11(8-25)2-4-12/h1-6,10-11,15,18,27H,7-9H2;1-6,8-10,14,26H,7H2. The number of carbonyl (C=O) groups is 1. The molecule has 2 atom stereocenters. The zero-order valence-electron chi connectivity index (χ0n) is 29.2. The maximum Gasteiger partial charge on any atom is 0.433 e. The van der Waals surface area contributed by atoms with Gasteiger partial charge in [0.15, 0.2) is 17.7 Å². The third-order valence-corrected chi connectivity index (χ3v) is 7.95. The number of pyridine rings is 2. The Kier molecular flexibility index (Phi) is 12.5. The second-order valence-electron chi connectivity index (χ2n) is 12.0. The largest absolute Gasteiger partial charge is 0.439 e. The maximum absolute atomic E-state index is 13.5. The van der Waals surface area contributed by atoms with Crippen molar-refractivity contribution < 1.29 is 60.3 Å². The highest BCUT2D eigenvalue weighted by molar-refractivity contribution is 5.74. The number of nitrogens with zero attached hydrogens (tertiary/aromatic N) is 8. The first-order chi connectivity index (χ1) is 27.3. The Labute approximate surface area is 318 Å². The monoisotopic (exact) mass is 800 g/mol. The van der Waals surface area contributed by atoms with Gasteiger partial charge in [-0.15, -0.1) is 0 Å². The predicted octanol–water partition coefficient (Wildman–Crippen LogP) is 6.29. The van der Waals surface area contributed by atoms with Crippen molar-refractivity contribution in [2.75, 3.05) is 13.2 Å². The molecule has 0 bridgehead atoms. The molecule has 6 aromatic rings. The topological polar surface area (TPSA) is 182 Å². The van der Waals surface area contributed by atoms with E-state index in [4.69, 9.17) is 18.9 Å². The minimum absolute atomic E-state index is 0.197. The molecule has 1 fully saturated rings. The molecule has 0 amide bonds. The van der Waals surface area contributed by atoms with Crippen molar-refractivity contribution in [3.05, 3.63) is 132 Å². The van der Waals surface area contributed by atoms with Crippen LogP contribution in [0, 0.1) is 0 Å². The summed E-state index contributed by atoms with van der Waals surface area (Å²) in [5.74, 6) is -0.0246. The molecule has 21 heteroatoms. The van der Waals surface area contributed by atoms with Crippen molar-refractivity contribution in [2.45, 2.75) is 43.9 Å².